The number of hydrogen-bond acceptors (Lipinski definition) is 6. The van der Waals surface area contributed by atoms with Crippen LogP contribution >= 0.6 is 11.3 Å². The first kappa shape index (κ1) is 25.4. The van der Waals surface area contributed by atoms with Crippen molar-refractivity contribution < 1.29 is 36.0 Å². The van der Waals surface area contributed by atoms with Crippen LogP contribution in [0.2, 0.25) is 0 Å². The third kappa shape index (κ3) is 4.50. The van der Waals surface area contributed by atoms with Crippen LogP contribution in [0, 0.1) is 0 Å². The Morgan fingerprint density at radius 3 is 2.40 bits per heavy atom. The predicted molar refractivity (Wildman–Crippen MR) is 125 cm³/mol. The summed E-state index contributed by atoms with van der Waals surface area (Å²) in [7, 11) is 0. The second-order valence-corrected chi connectivity index (χ2v) is 11.4. The molecule has 3 unspecified atom stereocenters. The summed E-state index contributed by atoms with van der Waals surface area (Å²) in [5.74, 6) is -1.93. The lowest BCUT2D eigenvalue weighted by molar-refractivity contribution is -0.158. The summed E-state index contributed by atoms with van der Waals surface area (Å²) in [6.07, 6.45) is -4.50. The maximum Gasteiger partial charge on any atom is 0.452 e. The van der Waals surface area contributed by atoms with Gasteiger partial charge in [0.1, 0.15) is 16.3 Å². The standard InChI is InChI=1S/C23H23F3N2O5S2/c1-20(2,3)32-19(29)22(13-21(22,4)14-8-6-5-7-9-14)28(35(30)31)18-11-10-16(34-18)15-12-17(33-27-15)23(24,25)26/h5-12H,13H2,1-4H3,(H,30,31). The lowest BCUT2D eigenvalue weighted by atomic mass is 9.92. The molecule has 188 valence electrons. The average molecular weight is 529 g/mol. The van der Waals surface area contributed by atoms with E-state index in [9.17, 15) is 26.7 Å². The molecule has 0 aliphatic heterocycles. The largest absolute Gasteiger partial charge is 0.458 e. The monoisotopic (exact) mass is 528 g/mol. The number of rotatable bonds is 6. The molecule has 1 fully saturated rings. The van der Waals surface area contributed by atoms with Crippen LogP contribution in [0.4, 0.5) is 18.2 Å². The Balaban J connectivity index is 1.79. The molecule has 3 atom stereocenters. The van der Waals surface area contributed by atoms with Gasteiger partial charge in [0.2, 0.25) is 5.76 Å². The first-order valence-electron chi connectivity index (χ1n) is 10.5. The zero-order chi connectivity index (χ0) is 25.8. The summed E-state index contributed by atoms with van der Waals surface area (Å²) in [6, 6.07) is 12.8. The van der Waals surface area contributed by atoms with Crippen LogP contribution in [0.15, 0.2) is 53.1 Å². The highest BCUT2D eigenvalue weighted by Gasteiger charge is 2.76. The number of aromatic nitrogens is 1. The van der Waals surface area contributed by atoms with Gasteiger partial charge in [0, 0.05) is 11.5 Å². The van der Waals surface area contributed by atoms with Gasteiger partial charge in [-0.1, -0.05) is 42.4 Å². The number of carbonyl (C=O) groups excluding carboxylic acids is 1. The molecule has 12 heteroatoms. The van der Waals surface area contributed by atoms with Crippen LogP contribution in [-0.2, 0) is 32.4 Å². The predicted octanol–water partition coefficient (Wildman–Crippen LogP) is 5.81. The number of anilines is 1. The number of benzene rings is 1. The van der Waals surface area contributed by atoms with Crippen LogP contribution in [0.5, 0.6) is 0 Å². The van der Waals surface area contributed by atoms with Gasteiger partial charge in [0.25, 0.3) is 11.3 Å². The van der Waals surface area contributed by atoms with Crippen LogP contribution in [0.3, 0.4) is 0 Å². The van der Waals surface area contributed by atoms with E-state index < -0.39 is 45.7 Å². The molecule has 2 heterocycles. The molecule has 0 bridgehead atoms. The Kier molecular flexibility index (Phi) is 6.13. The van der Waals surface area contributed by atoms with Crippen molar-refractivity contribution in [3.63, 3.8) is 0 Å². The SMILES string of the molecule is CC(C)(C)OC(=O)C1(N(c2ccc(-c3cc(C(F)(F)F)on3)s2)S(=O)O)CC1(C)c1ccccc1. The average Bonchev–Trinajstić information content (AvgIpc) is 3.12. The summed E-state index contributed by atoms with van der Waals surface area (Å²) in [6.45, 7) is 6.92. The van der Waals surface area contributed by atoms with E-state index in [2.05, 4.69) is 9.68 Å². The van der Waals surface area contributed by atoms with E-state index in [1.54, 1.807) is 20.8 Å². The van der Waals surface area contributed by atoms with Crippen molar-refractivity contribution >= 4 is 33.6 Å². The fourth-order valence-corrected chi connectivity index (χ4v) is 6.21. The molecule has 4 rings (SSSR count). The molecule has 1 aliphatic rings. The second-order valence-electron chi connectivity index (χ2n) is 9.47. The molecular formula is C23H23F3N2O5S2. The fourth-order valence-electron chi connectivity index (χ4n) is 4.15. The highest BCUT2D eigenvalue weighted by molar-refractivity contribution is 7.81. The van der Waals surface area contributed by atoms with Crippen molar-refractivity contribution in [1.29, 1.82) is 0 Å². The summed E-state index contributed by atoms with van der Waals surface area (Å²) in [5, 5.41) is 3.67. The normalized spacial score (nSPS) is 23.1. The number of carbonyl (C=O) groups is 1. The molecule has 2 aromatic heterocycles. The summed E-state index contributed by atoms with van der Waals surface area (Å²) < 4.78 is 73.0. The minimum absolute atomic E-state index is 0.0785. The zero-order valence-corrected chi connectivity index (χ0v) is 20.9. The third-order valence-electron chi connectivity index (χ3n) is 5.88. The fraction of sp³-hybridized carbons (Fsp3) is 0.391. The van der Waals surface area contributed by atoms with Crippen molar-refractivity contribution in [2.45, 2.75) is 56.8 Å². The maximum atomic E-state index is 13.6. The van der Waals surface area contributed by atoms with Gasteiger partial charge in [-0.05, 0) is 44.9 Å². The van der Waals surface area contributed by atoms with Crippen molar-refractivity contribution in [2.24, 2.45) is 0 Å². The first-order valence-corrected chi connectivity index (χ1v) is 12.4. The Morgan fingerprint density at radius 2 is 1.86 bits per heavy atom. The van der Waals surface area contributed by atoms with Crippen molar-refractivity contribution in [1.82, 2.24) is 5.16 Å². The minimum atomic E-state index is -4.70. The van der Waals surface area contributed by atoms with E-state index >= 15 is 0 Å². The molecule has 7 nitrogen and oxygen atoms in total. The molecule has 1 aromatic carbocycles. The quantitative estimate of drug-likeness (QED) is 0.321. The Labute approximate surface area is 206 Å². The van der Waals surface area contributed by atoms with E-state index in [1.165, 1.54) is 12.1 Å². The van der Waals surface area contributed by atoms with Crippen LogP contribution in [0.1, 0.15) is 45.4 Å². The molecule has 1 N–H and O–H groups in total. The lowest BCUT2D eigenvalue weighted by Gasteiger charge is -2.33. The molecule has 35 heavy (non-hydrogen) atoms. The van der Waals surface area contributed by atoms with Gasteiger partial charge in [-0.3, -0.25) is 4.55 Å². The summed E-state index contributed by atoms with van der Waals surface area (Å²) in [4.78, 5) is 13.9. The van der Waals surface area contributed by atoms with Gasteiger partial charge < -0.3 is 9.26 Å². The number of alkyl halides is 3. The smallest absolute Gasteiger partial charge is 0.452 e. The number of ether oxygens (including phenoxy) is 1. The summed E-state index contributed by atoms with van der Waals surface area (Å²) >= 11 is -1.74. The first-order chi connectivity index (χ1) is 16.2. The van der Waals surface area contributed by atoms with Crippen LogP contribution in [0.25, 0.3) is 10.6 Å². The van der Waals surface area contributed by atoms with E-state index in [-0.39, 0.29) is 22.0 Å². The van der Waals surface area contributed by atoms with Crippen molar-refractivity contribution in [2.75, 3.05) is 4.31 Å². The maximum absolute atomic E-state index is 13.6. The van der Waals surface area contributed by atoms with E-state index in [0.717, 1.165) is 27.3 Å². The highest BCUT2D eigenvalue weighted by atomic mass is 32.2. The number of esters is 1. The van der Waals surface area contributed by atoms with Gasteiger partial charge in [-0.15, -0.1) is 11.3 Å². The van der Waals surface area contributed by atoms with Gasteiger partial charge in [0.15, 0.2) is 5.54 Å². The van der Waals surface area contributed by atoms with Crippen molar-refractivity contribution in [3.05, 3.63) is 59.9 Å². The van der Waals surface area contributed by atoms with Gasteiger partial charge in [0.05, 0.1) is 4.88 Å². The lowest BCUT2D eigenvalue weighted by Crippen LogP contribution is -2.51. The van der Waals surface area contributed by atoms with E-state index in [0.29, 0.717) is 0 Å². The molecule has 1 aliphatic carbocycles. The molecule has 3 aromatic rings. The highest BCUT2D eigenvalue weighted by Crippen LogP contribution is 2.63. The number of hydrogen-bond donors (Lipinski definition) is 1. The molecule has 0 amide bonds. The number of nitrogens with zero attached hydrogens (tertiary/aromatic N) is 2. The molecule has 0 spiro atoms. The third-order valence-corrected chi connectivity index (χ3v) is 7.91. The van der Waals surface area contributed by atoms with Gasteiger partial charge >= 0.3 is 12.1 Å². The number of halogens is 3. The molecular weight excluding hydrogens is 505 g/mol. The van der Waals surface area contributed by atoms with Gasteiger partial charge in [-0.2, -0.15) is 13.2 Å². The Bertz CT molecular complexity index is 1270. The summed E-state index contributed by atoms with van der Waals surface area (Å²) in [5.41, 5.74) is -2.54. The van der Waals surface area contributed by atoms with Gasteiger partial charge in [-0.25, -0.2) is 13.3 Å². The Hall–Kier alpha value is -2.70. The topological polar surface area (TPSA) is 92.9 Å². The zero-order valence-electron chi connectivity index (χ0n) is 19.3. The number of thiophene rings is 1. The van der Waals surface area contributed by atoms with E-state index in [1.807, 2.05) is 37.3 Å². The van der Waals surface area contributed by atoms with Crippen LogP contribution < -0.4 is 4.31 Å². The molecule has 1 saturated carbocycles. The molecule has 0 saturated heterocycles. The van der Waals surface area contributed by atoms with Crippen molar-refractivity contribution in [3.8, 4) is 10.6 Å². The second kappa shape index (κ2) is 8.45. The van der Waals surface area contributed by atoms with E-state index in [4.69, 9.17) is 4.74 Å². The Morgan fingerprint density at radius 1 is 1.20 bits per heavy atom. The molecule has 0 radical (unpaired) electrons. The minimum Gasteiger partial charge on any atom is -0.458 e. The van der Waals surface area contributed by atoms with Crippen LogP contribution in [-0.4, -0.2) is 31.0 Å².